The fourth-order valence-electron chi connectivity index (χ4n) is 5.52. The Bertz CT molecular complexity index is 1180. The van der Waals surface area contributed by atoms with E-state index in [-0.39, 0.29) is 24.3 Å². The largest absolute Gasteiger partial charge is 0.352 e. The van der Waals surface area contributed by atoms with Gasteiger partial charge in [0.2, 0.25) is 11.8 Å². The number of carbonyl (C=O) groups excluding carboxylic acids is 2. The second-order valence-corrected chi connectivity index (χ2v) is 10.7. The predicted octanol–water partition coefficient (Wildman–Crippen LogP) is 6.24. The molecule has 3 aromatic carbocycles. The van der Waals surface area contributed by atoms with Crippen molar-refractivity contribution in [3.8, 4) is 0 Å². The van der Waals surface area contributed by atoms with Gasteiger partial charge in [-0.05, 0) is 55.9 Å². The Morgan fingerprint density at radius 1 is 0.838 bits per heavy atom. The lowest BCUT2D eigenvalue weighted by atomic mass is 9.94. The Hall–Kier alpha value is -3.40. The molecule has 4 rings (SSSR count). The van der Waals surface area contributed by atoms with Gasteiger partial charge < -0.3 is 10.2 Å². The van der Waals surface area contributed by atoms with Crippen molar-refractivity contribution < 1.29 is 9.59 Å². The number of carbonyl (C=O) groups is 2. The molecule has 0 heterocycles. The van der Waals surface area contributed by atoms with Gasteiger partial charge in [-0.15, -0.1) is 0 Å². The Morgan fingerprint density at radius 3 is 2.16 bits per heavy atom. The summed E-state index contributed by atoms with van der Waals surface area (Å²) in [6.07, 6.45) is 6.31. The molecule has 1 atom stereocenters. The van der Waals surface area contributed by atoms with Gasteiger partial charge in [-0.1, -0.05) is 103 Å². The third kappa shape index (κ3) is 7.55. The molecule has 3 aromatic rings. The molecule has 1 unspecified atom stereocenters. The van der Waals surface area contributed by atoms with E-state index < -0.39 is 6.04 Å². The number of rotatable bonds is 9. The molecule has 4 nitrogen and oxygen atoms in total. The monoisotopic (exact) mass is 496 g/mol. The van der Waals surface area contributed by atoms with Crippen molar-refractivity contribution in [2.45, 2.75) is 84.3 Å². The maximum absolute atomic E-state index is 14.0. The molecule has 0 saturated heterocycles. The van der Waals surface area contributed by atoms with Crippen molar-refractivity contribution in [1.29, 1.82) is 0 Å². The van der Waals surface area contributed by atoms with E-state index in [0.717, 1.165) is 59.1 Å². The van der Waals surface area contributed by atoms with Gasteiger partial charge in [-0.2, -0.15) is 0 Å². The van der Waals surface area contributed by atoms with E-state index in [0.29, 0.717) is 13.0 Å². The zero-order valence-electron chi connectivity index (χ0n) is 22.5. The number of nitrogens with zero attached hydrogens (tertiary/aromatic N) is 1. The molecule has 0 radical (unpaired) electrons. The van der Waals surface area contributed by atoms with Crippen LogP contribution in [0.3, 0.4) is 0 Å². The maximum atomic E-state index is 14.0. The second-order valence-electron chi connectivity index (χ2n) is 10.7. The van der Waals surface area contributed by atoms with Crippen LogP contribution in [0.4, 0.5) is 0 Å². The summed E-state index contributed by atoms with van der Waals surface area (Å²) >= 11 is 0. The first-order chi connectivity index (χ1) is 17.9. The molecule has 1 N–H and O–H groups in total. The zero-order chi connectivity index (χ0) is 26.2. The third-order valence-electron chi connectivity index (χ3n) is 7.46. The highest BCUT2D eigenvalue weighted by Gasteiger charge is 2.32. The number of aryl methyl sites for hydroxylation is 3. The molecule has 0 aromatic heterocycles. The fraction of sp³-hybridized carbons (Fsp3) is 0.394. The van der Waals surface area contributed by atoms with E-state index in [9.17, 15) is 9.59 Å². The molecule has 0 aliphatic heterocycles. The summed E-state index contributed by atoms with van der Waals surface area (Å²) in [5.41, 5.74) is 6.52. The normalized spacial score (nSPS) is 14.7. The van der Waals surface area contributed by atoms with Crippen LogP contribution in [0.5, 0.6) is 0 Å². The van der Waals surface area contributed by atoms with Crippen molar-refractivity contribution in [1.82, 2.24) is 10.2 Å². The van der Waals surface area contributed by atoms with Crippen LogP contribution in [0.15, 0.2) is 72.8 Å². The Labute approximate surface area is 222 Å². The molecule has 4 heteroatoms. The predicted molar refractivity (Wildman–Crippen MR) is 150 cm³/mol. The van der Waals surface area contributed by atoms with Crippen LogP contribution in [0.1, 0.15) is 65.5 Å². The molecule has 1 fully saturated rings. The number of nitrogens with one attached hydrogen (secondary N) is 1. The van der Waals surface area contributed by atoms with Gasteiger partial charge in [-0.3, -0.25) is 9.59 Å². The van der Waals surface area contributed by atoms with E-state index in [2.05, 4.69) is 56.4 Å². The zero-order valence-corrected chi connectivity index (χ0v) is 22.5. The average Bonchev–Trinajstić information content (AvgIpc) is 2.87. The molecule has 37 heavy (non-hydrogen) atoms. The van der Waals surface area contributed by atoms with Crippen molar-refractivity contribution in [3.63, 3.8) is 0 Å². The van der Waals surface area contributed by atoms with Gasteiger partial charge in [0.1, 0.15) is 6.04 Å². The first-order valence-corrected chi connectivity index (χ1v) is 13.6. The summed E-state index contributed by atoms with van der Waals surface area (Å²) < 4.78 is 0. The number of hydrogen-bond donors (Lipinski definition) is 1. The Kier molecular flexibility index (Phi) is 9.16. The Morgan fingerprint density at radius 2 is 1.49 bits per heavy atom. The highest BCUT2D eigenvalue weighted by molar-refractivity contribution is 5.89. The van der Waals surface area contributed by atoms with E-state index in [1.807, 2.05) is 47.4 Å². The minimum atomic E-state index is -0.581. The van der Waals surface area contributed by atoms with E-state index in [1.165, 1.54) is 6.42 Å². The highest BCUT2D eigenvalue weighted by atomic mass is 16.2. The second kappa shape index (κ2) is 12.7. The lowest BCUT2D eigenvalue weighted by Crippen LogP contribution is -2.53. The first-order valence-electron chi connectivity index (χ1n) is 13.6. The van der Waals surface area contributed by atoms with Gasteiger partial charge in [0.05, 0.1) is 6.42 Å². The van der Waals surface area contributed by atoms with Crippen LogP contribution < -0.4 is 5.32 Å². The van der Waals surface area contributed by atoms with Crippen molar-refractivity contribution in [2.75, 3.05) is 0 Å². The smallest absolute Gasteiger partial charge is 0.243 e. The summed E-state index contributed by atoms with van der Waals surface area (Å²) in [4.78, 5) is 29.7. The van der Waals surface area contributed by atoms with Gasteiger partial charge in [0, 0.05) is 19.0 Å². The minimum Gasteiger partial charge on any atom is -0.352 e. The number of benzene rings is 3. The number of hydrogen-bond acceptors (Lipinski definition) is 2. The molecule has 1 saturated carbocycles. The maximum Gasteiger partial charge on any atom is 0.243 e. The van der Waals surface area contributed by atoms with Crippen molar-refractivity contribution in [3.05, 3.63) is 106 Å². The van der Waals surface area contributed by atoms with Gasteiger partial charge in [0.25, 0.3) is 0 Å². The van der Waals surface area contributed by atoms with Crippen molar-refractivity contribution >= 4 is 11.8 Å². The molecule has 1 aliphatic carbocycles. The van der Waals surface area contributed by atoms with E-state index in [1.54, 1.807) is 0 Å². The van der Waals surface area contributed by atoms with Crippen molar-refractivity contribution in [2.24, 2.45) is 0 Å². The highest BCUT2D eigenvalue weighted by Crippen LogP contribution is 2.21. The minimum absolute atomic E-state index is 0.0204. The van der Waals surface area contributed by atoms with E-state index in [4.69, 9.17) is 0 Å². The Balaban J connectivity index is 1.68. The van der Waals surface area contributed by atoms with Gasteiger partial charge >= 0.3 is 0 Å². The van der Waals surface area contributed by atoms with Crippen LogP contribution in [0, 0.1) is 20.8 Å². The fourth-order valence-corrected chi connectivity index (χ4v) is 5.52. The van der Waals surface area contributed by atoms with Crippen LogP contribution >= 0.6 is 0 Å². The van der Waals surface area contributed by atoms with Crippen LogP contribution in [-0.4, -0.2) is 28.8 Å². The third-order valence-corrected chi connectivity index (χ3v) is 7.46. The van der Waals surface area contributed by atoms with Crippen LogP contribution in [0.2, 0.25) is 0 Å². The molecule has 0 bridgehead atoms. The summed E-state index contributed by atoms with van der Waals surface area (Å²) in [7, 11) is 0. The summed E-state index contributed by atoms with van der Waals surface area (Å²) in [5.74, 6) is -0.0638. The SMILES string of the molecule is Cc1cc(C)cc(CC(=O)N(Cc2ccccc2C)C(Cc2ccccc2)C(=O)NC2CCCCC2)c1. The van der Waals surface area contributed by atoms with Gasteiger partial charge in [-0.25, -0.2) is 0 Å². The molecule has 194 valence electrons. The topological polar surface area (TPSA) is 49.4 Å². The van der Waals surface area contributed by atoms with E-state index >= 15 is 0 Å². The lowest BCUT2D eigenvalue weighted by Gasteiger charge is -2.34. The first kappa shape index (κ1) is 26.7. The van der Waals surface area contributed by atoms with Crippen LogP contribution in [0.25, 0.3) is 0 Å². The summed E-state index contributed by atoms with van der Waals surface area (Å²) in [6, 6.07) is 24.1. The summed E-state index contributed by atoms with van der Waals surface area (Å²) in [5, 5.41) is 3.32. The molecular formula is C33H40N2O2. The standard InChI is InChI=1S/C33H40N2O2/c1-24-18-25(2)20-28(19-24)22-32(36)35(23-29-15-11-10-12-26(29)3)31(21-27-13-6-4-7-14-27)33(37)34-30-16-8-5-9-17-30/h4,6-7,10-15,18-20,30-31H,5,8-9,16-17,21-23H2,1-3H3,(H,34,37). The average molecular weight is 497 g/mol. The lowest BCUT2D eigenvalue weighted by molar-refractivity contribution is -0.141. The molecule has 0 spiro atoms. The molecule has 1 aliphatic rings. The quantitative estimate of drug-likeness (QED) is 0.381. The van der Waals surface area contributed by atoms with Crippen LogP contribution in [-0.2, 0) is 29.0 Å². The van der Waals surface area contributed by atoms with Gasteiger partial charge in [0.15, 0.2) is 0 Å². The molecular weight excluding hydrogens is 456 g/mol. The summed E-state index contributed by atoms with van der Waals surface area (Å²) in [6.45, 7) is 6.59. The molecule has 2 amide bonds. The number of amides is 2.